The van der Waals surface area contributed by atoms with E-state index in [4.69, 9.17) is 4.74 Å². The maximum absolute atomic E-state index is 13.8. The molecule has 0 N–H and O–H groups in total. The summed E-state index contributed by atoms with van der Waals surface area (Å²) in [6, 6.07) is 10.7. The molecule has 0 heterocycles. The normalized spacial score (nSPS) is 10.8. The van der Waals surface area contributed by atoms with Crippen molar-refractivity contribution in [3.63, 3.8) is 0 Å². The molecule has 0 aromatic heterocycles. The Bertz CT molecular complexity index is 620. The van der Waals surface area contributed by atoms with Gasteiger partial charge in [-0.05, 0) is 36.1 Å². The first kappa shape index (κ1) is 17.5. The largest absolute Gasteiger partial charge is 0.493 e. The number of unbranched alkanes of at least 4 members (excludes halogenated alkanes) is 4. The predicted octanol–water partition coefficient (Wildman–Crippen LogP) is 6.15. The van der Waals surface area contributed by atoms with E-state index >= 15 is 0 Å². The summed E-state index contributed by atoms with van der Waals surface area (Å²) >= 11 is 0. The van der Waals surface area contributed by atoms with E-state index in [1.54, 1.807) is 6.07 Å². The second kappa shape index (κ2) is 8.66. The van der Waals surface area contributed by atoms with Crippen molar-refractivity contribution < 1.29 is 13.5 Å². The zero-order valence-corrected chi connectivity index (χ0v) is 13.9. The number of aryl methyl sites for hydroxylation is 1. The second-order valence-corrected chi connectivity index (χ2v) is 5.80. The summed E-state index contributed by atoms with van der Waals surface area (Å²) in [5, 5.41) is 0. The van der Waals surface area contributed by atoms with Crippen LogP contribution in [0.4, 0.5) is 8.78 Å². The molecule has 0 atom stereocenters. The van der Waals surface area contributed by atoms with Crippen LogP contribution < -0.4 is 4.74 Å². The lowest BCUT2D eigenvalue weighted by Crippen LogP contribution is -1.95. The van der Waals surface area contributed by atoms with Crippen molar-refractivity contribution in [2.75, 3.05) is 7.11 Å². The molecule has 3 heteroatoms. The first-order valence-corrected chi connectivity index (χ1v) is 8.28. The summed E-state index contributed by atoms with van der Waals surface area (Å²) in [5.41, 5.74) is 2.67. The Morgan fingerprint density at radius 3 is 2.22 bits per heavy atom. The van der Waals surface area contributed by atoms with Gasteiger partial charge < -0.3 is 4.74 Å². The molecule has 0 amide bonds. The third-order valence-corrected chi connectivity index (χ3v) is 4.09. The van der Waals surface area contributed by atoms with Crippen LogP contribution in [-0.4, -0.2) is 7.11 Å². The molecule has 0 bridgehead atoms. The predicted molar refractivity (Wildman–Crippen MR) is 90.8 cm³/mol. The molecular weight excluding hydrogens is 294 g/mol. The molecule has 1 nitrogen and oxygen atoms in total. The van der Waals surface area contributed by atoms with Crippen LogP contribution in [0.1, 0.15) is 44.6 Å². The van der Waals surface area contributed by atoms with Gasteiger partial charge in [-0.2, -0.15) is 4.39 Å². The Hall–Kier alpha value is -1.90. The molecule has 2 rings (SSSR count). The fourth-order valence-electron chi connectivity index (χ4n) is 2.74. The van der Waals surface area contributed by atoms with E-state index in [1.165, 1.54) is 44.8 Å². The van der Waals surface area contributed by atoms with E-state index in [0.717, 1.165) is 18.1 Å². The van der Waals surface area contributed by atoms with Crippen molar-refractivity contribution in [2.24, 2.45) is 0 Å². The smallest absolute Gasteiger partial charge is 0.201 e. The van der Waals surface area contributed by atoms with Crippen LogP contribution in [0.15, 0.2) is 36.4 Å². The van der Waals surface area contributed by atoms with Gasteiger partial charge in [-0.1, -0.05) is 56.9 Å². The molecule has 2 aromatic carbocycles. The maximum atomic E-state index is 13.8. The van der Waals surface area contributed by atoms with Crippen molar-refractivity contribution in [1.82, 2.24) is 0 Å². The number of rotatable bonds is 8. The van der Waals surface area contributed by atoms with Gasteiger partial charge in [-0.3, -0.25) is 0 Å². The van der Waals surface area contributed by atoms with Gasteiger partial charge in [0, 0.05) is 5.56 Å². The Labute approximate surface area is 137 Å². The fourth-order valence-corrected chi connectivity index (χ4v) is 2.74. The van der Waals surface area contributed by atoms with Gasteiger partial charge in [0.05, 0.1) is 7.11 Å². The molecule has 0 fully saturated rings. The Balaban J connectivity index is 2.07. The van der Waals surface area contributed by atoms with Gasteiger partial charge in [0.15, 0.2) is 11.6 Å². The zero-order chi connectivity index (χ0) is 16.7. The Morgan fingerprint density at radius 2 is 1.57 bits per heavy atom. The minimum Gasteiger partial charge on any atom is -0.493 e. The number of methoxy groups -OCH3 is 1. The molecule has 0 aliphatic carbocycles. The minimum absolute atomic E-state index is 0.0442. The minimum atomic E-state index is -0.940. The van der Waals surface area contributed by atoms with E-state index in [-0.39, 0.29) is 5.75 Å². The fraction of sp³-hybridized carbons (Fsp3) is 0.400. The highest BCUT2D eigenvalue weighted by Gasteiger charge is 2.15. The first-order chi connectivity index (χ1) is 11.2. The monoisotopic (exact) mass is 318 g/mol. The summed E-state index contributed by atoms with van der Waals surface area (Å²) in [6.45, 7) is 2.21. The Kier molecular flexibility index (Phi) is 6.57. The molecular formula is C20H24F2O. The van der Waals surface area contributed by atoms with Gasteiger partial charge in [0.1, 0.15) is 0 Å². The number of ether oxygens (including phenoxy) is 1. The van der Waals surface area contributed by atoms with Crippen LogP contribution >= 0.6 is 0 Å². The molecule has 0 radical (unpaired) electrons. The van der Waals surface area contributed by atoms with Gasteiger partial charge in [-0.15, -0.1) is 0 Å². The van der Waals surface area contributed by atoms with Gasteiger partial charge >= 0.3 is 0 Å². The van der Waals surface area contributed by atoms with Crippen molar-refractivity contribution in [3.05, 3.63) is 53.6 Å². The number of halogens is 2. The standard InChI is InChI=1S/C20H24F2O/c1-3-4-5-6-7-8-15-9-11-16(12-10-15)17-13-14-18(21)19(22)20(17)23-2/h9-14H,3-8H2,1-2H3. The molecule has 23 heavy (non-hydrogen) atoms. The van der Waals surface area contributed by atoms with E-state index in [2.05, 4.69) is 19.1 Å². The van der Waals surface area contributed by atoms with Crippen LogP contribution in [0, 0.1) is 11.6 Å². The molecule has 2 aromatic rings. The third kappa shape index (κ3) is 4.54. The van der Waals surface area contributed by atoms with Crippen molar-refractivity contribution in [3.8, 4) is 16.9 Å². The van der Waals surface area contributed by atoms with Crippen LogP contribution in [-0.2, 0) is 6.42 Å². The van der Waals surface area contributed by atoms with Crippen LogP contribution in [0.25, 0.3) is 11.1 Å². The highest BCUT2D eigenvalue weighted by molar-refractivity contribution is 5.71. The van der Waals surface area contributed by atoms with E-state index in [1.807, 2.05) is 12.1 Å². The van der Waals surface area contributed by atoms with Crippen molar-refractivity contribution in [1.29, 1.82) is 0 Å². The Morgan fingerprint density at radius 1 is 0.870 bits per heavy atom. The molecule has 0 saturated heterocycles. The van der Waals surface area contributed by atoms with E-state index in [9.17, 15) is 8.78 Å². The second-order valence-electron chi connectivity index (χ2n) is 5.80. The molecule has 0 aliphatic rings. The SMILES string of the molecule is CCCCCCCc1ccc(-c2ccc(F)c(F)c2OC)cc1. The van der Waals surface area contributed by atoms with E-state index < -0.39 is 11.6 Å². The lowest BCUT2D eigenvalue weighted by Gasteiger charge is -2.11. The first-order valence-electron chi connectivity index (χ1n) is 8.28. The quantitative estimate of drug-likeness (QED) is 0.530. The summed E-state index contributed by atoms with van der Waals surface area (Å²) in [5.74, 6) is -1.88. The molecule has 124 valence electrons. The van der Waals surface area contributed by atoms with Crippen LogP contribution in [0.5, 0.6) is 5.75 Å². The van der Waals surface area contributed by atoms with E-state index in [0.29, 0.717) is 5.56 Å². The summed E-state index contributed by atoms with van der Waals surface area (Å²) in [4.78, 5) is 0. The van der Waals surface area contributed by atoms with Crippen molar-refractivity contribution in [2.45, 2.75) is 45.4 Å². The topological polar surface area (TPSA) is 9.23 Å². The number of hydrogen-bond acceptors (Lipinski definition) is 1. The number of hydrogen-bond donors (Lipinski definition) is 0. The molecule has 0 spiro atoms. The maximum Gasteiger partial charge on any atom is 0.201 e. The van der Waals surface area contributed by atoms with Crippen molar-refractivity contribution >= 4 is 0 Å². The van der Waals surface area contributed by atoms with Gasteiger partial charge in [0.2, 0.25) is 5.82 Å². The lowest BCUT2D eigenvalue weighted by molar-refractivity contribution is 0.373. The molecule has 0 unspecified atom stereocenters. The summed E-state index contributed by atoms with van der Waals surface area (Å²) in [7, 11) is 1.35. The zero-order valence-electron chi connectivity index (χ0n) is 13.9. The third-order valence-electron chi connectivity index (χ3n) is 4.09. The highest BCUT2D eigenvalue weighted by Crippen LogP contribution is 2.33. The molecule has 0 saturated carbocycles. The van der Waals surface area contributed by atoms with Gasteiger partial charge in [-0.25, -0.2) is 4.39 Å². The summed E-state index contributed by atoms with van der Waals surface area (Å²) in [6.07, 6.45) is 7.35. The number of benzene rings is 2. The summed E-state index contributed by atoms with van der Waals surface area (Å²) < 4.78 is 32.1. The average molecular weight is 318 g/mol. The molecule has 0 aliphatic heterocycles. The van der Waals surface area contributed by atoms with Gasteiger partial charge in [0.25, 0.3) is 0 Å². The average Bonchev–Trinajstić information content (AvgIpc) is 2.57. The van der Waals surface area contributed by atoms with Crippen LogP contribution in [0.3, 0.4) is 0 Å². The van der Waals surface area contributed by atoms with Crippen LogP contribution in [0.2, 0.25) is 0 Å². The lowest BCUT2D eigenvalue weighted by atomic mass is 10.00. The highest BCUT2D eigenvalue weighted by atomic mass is 19.2.